The molecule has 3 aromatic rings. The molecule has 4 nitrogen and oxygen atoms in total. The Morgan fingerprint density at radius 3 is 2.62 bits per heavy atom. The molecule has 0 atom stereocenters. The zero-order valence-electron chi connectivity index (χ0n) is 12.0. The van der Waals surface area contributed by atoms with Crippen molar-refractivity contribution in [2.24, 2.45) is 7.05 Å². The van der Waals surface area contributed by atoms with Crippen LogP contribution in [0.25, 0.3) is 17.0 Å². The lowest BCUT2D eigenvalue weighted by Gasteiger charge is -2.05. The topological polar surface area (TPSA) is 39.3 Å². The smallest absolute Gasteiger partial charge is 0.262 e. The van der Waals surface area contributed by atoms with Crippen molar-refractivity contribution in [1.29, 1.82) is 0 Å². The molecule has 1 aromatic carbocycles. The Kier molecular flexibility index (Phi) is 3.68. The SMILES string of the molecule is Cc1nc2n(C)c(-c3ccccc3)cn2c(=O)c1CCBr. The molecule has 21 heavy (non-hydrogen) atoms. The molecular weight excluding hydrogens is 330 g/mol. The molecule has 0 N–H and O–H groups in total. The van der Waals surface area contributed by atoms with Gasteiger partial charge < -0.3 is 4.57 Å². The van der Waals surface area contributed by atoms with Crippen LogP contribution in [-0.2, 0) is 13.5 Å². The highest BCUT2D eigenvalue weighted by Gasteiger charge is 2.14. The predicted molar refractivity (Wildman–Crippen MR) is 88.1 cm³/mol. The molecule has 5 heteroatoms. The molecule has 0 aliphatic rings. The molecule has 0 saturated carbocycles. The van der Waals surface area contributed by atoms with Crippen molar-refractivity contribution in [3.8, 4) is 11.3 Å². The summed E-state index contributed by atoms with van der Waals surface area (Å²) in [5, 5.41) is 0.759. The first-order valence-corrected chi connectivity index (χ1v) is 7.94. The minimum Gasteiger partial charge on any atom is -0.313 e. The van der Waals surface area contributed by atoms with Gasteiger partial charge in [0, 0.05) is 24.1 Å². The fourth-order valence-corrected chi connectivity index (χ4v) is 2.99. The highest BCUT2D eigenvalue weighted by atomic mass is 79.9. The van der Waals surface area contributed by atoms with Crippen LogP contribution in [0, 0.1) is 6.92 Å². The van der Waals surface area contributed by atoms with Crippen molar-refractivity contribution >= 4 is 21.7 Å². The Hall–Kier alpha value is -1.88. The average Bonchev–Trinajstić information content (AvgIpc) is 2.82. The zero-order valence-corrected chi connectivity index (χ0v) is 13.6. The molecule has 0 amide bonds. The fraction of sp³-hybridized carbons (Fsp3) is 0.250. The van der Waals surface area contributed by atoms with Crippen molar-refractivity contribution in [2.75, 3.05) is 5.33 Å². The van der Waals surface area contributed by atoms with Crippen LogP contribution in [0.15, 0.2) is 41.3 Å². The summed E-state index contributed by atoms with van der Waals surface area (Å²) in [6.07, 6.45) is 2.56. The van der Waals surface area contributed by atoms with Crippen molar-refractivity contribution in [3.05, 3.63) is 58.1 Å². The molecule has 0 saturated heterocycles. The highest BCUT2D eigenvalue weighted by molar-refractivity contribution is 9.09. The van der Waals surface area contributed by atoms with Crippen molar-refractivity contribution < 1.29 is 0 Å². The number of aryl methyl sites for hydroxylation is 2. The molecule has 3 rings (SSSR count). The van der Waals surface area contributed by atoms with Gasteiger partial charge in [0.25, 0.3) is 5.56 Å². The summed E-state index contributed by atoms with van der Waals surface area (Å²) in [6, 6.07) is 10.0. The molecular formula is C16H16BrN3O. The van der Waals surface area contributed by atoms with Gasteiger partial charge >= 0.3 is 0 Å². The summed E-state index contributed by atoms with van der Waals surface area (Å²) in [4.78, 5) is 17.2. The second-order valence-corrected chi connectivity index (χ2v) is 5.82. The van der Waals surface area contributed by atoms with Crippen LogP contribution in [0.4, 0.5) is 0 Å². The minimum atomic E-state index is 0.0229. The maximum absolute atomic E-state index is 12.6. The van der Waals surface area contributed by atoms with Crippen LogP contribution in [0.1, 0.15) is 11.3 Å². The molecule has 0 radical (unpaired) electrons. The minimum absolute atomic E-state index is 0.0229. The quantitative estimate of drug-likeness (QED) is 0.684. The van der Waals surface area contributed by atoms with Gasteiger partial charge in [-0.3, -0.25) is 9.20 Å². The second-order valence-electron chi connectivity index (χ2n) is 5.03. The number of halogens is 1. The van der Waals surface area contributed by atoms with E-state index in [0.29, 0.717) is 12.2 Å². The maximum Gasteiger partial charge on any atom is 0.262 e. The Bertz CT molecular complexity index is 849. The molecule has 108 valence electrons. The van der Waals surface area contributed by atoms with E-state index in [0.717, 1.165) is 27.8 Å². The number of fused-ring (bicyclic) bond motifs is 1. The standard InChI is InChI=1S/C16H16BrN3O/c1-11-13(8-9-17)15(21)20-10-14(19(2)16(20)18-11)12-6-4-3-5-7-12/h3-7,10H,8-9H2,1-2H3. The first-order chi connectivity index (χ1) is 10.1. The van der Waals surface area contributed by atoms with E-state index in [1.165, 1.54) is 0 Å². The highest BCUT2D eigenvalue weighted by Crippen LogP contribution is 2.20. The number of hydrogen-bond acceptors (Lipinski definition) is 2. The van der Waals surface area contributed by atoms with Crippen molar-refractivity contribution in [3.63, 3.8) is 0 Å². The monoisotopic (exact) mass is 345 g/mol. The number of hydrogen-bond donors (Lipinski definition) is 0. The number of imidazole rings is 1. The summed E-state index contributed by atoms with van der Waals surface area (Å²) in [5.74, 6) is 0.676. The van der Waals surface area contributed by atoms with E-state index < -0.39 is 0 Å². The molecule has 2 heterocycles. The number of rotatable bonds is 3. The largest absolute Gasteiger partial charge is 0.313 e. The third-order valence-electron chi connectivity index (χ3n) is 3.72. The Morgan fingerprint density at radius 1 is 1.24 bits per heavy atom. The first-order valence-electron chi connectivity index (χ1n) is 6.82. The second kappa shape index (κ2) is 5.48. The van der Waals surface area contributed by atoms with Crippen molar-refractivity contribution in [1.82, 2.24) is 14.0 Å². The summed E-state index contributed by atoms with van der Waals surface area (Å²) in [5.41, 5.74) is 3.66. The molecule has 0 bridgehead atoms. The number of aromatic nitrogens is 3. The number of nitrogens with zero attached hydrogens (tertiary/aromatic N) is 3. The average molecular weight is 346 g/mol. The summed E-state index contributed by atoms with van der Waals surface area (Å²) in [7, 11) is 1.94. The van der Waals surface area contributed by atoms with Gasteiger partial charge in [0.05, 0.1) is 11.4 Å². The number of alkyl halides is 1. The Morgan fingerprint density at radius 2 is 1.95 bits per heavy atom. The summed E-state index contributed by atoms with van der Waals surface area (Å²) >= 11 is 3.39. The van der Waals surface area contributed by atoms with Crippen LogP contribution in [0.2, 0.25) is 0 Å². The van der Waals surface area contributed by atoms with Crippen LogP contribution in [-0.4, -0.2) is 19.3 Å². The van der Waals surface area contributed by atoms with Gasteiger partial charge in [-0.05, 0) is 18.9 Å². The Labute approximate surface area is 131 Å². The third kappa shape index (κ3) is 2.31. The number of benzene rings is 1. The predicted octanol–water partition coefficient (Wildman–Crippen LogP) is 2.95. The normalized spacial score (nSPS) is 11.2. The zero-order chi connectivity index (χ0) is 15.0. The maximum atomic E-state index is 12.6. The summed E-state index contributed by atoms with van der Waals surface area (Å²) in [6.45, 7) is 1.90. The van der Waals surface area contributed by atoms with E-state index in [1.807, 2.05) is 55.1 Å². The van der Waals surface area contributed by atoms with Gasteiger partial charge in [0.15, 0.2) is 0 Å². The Balaban J connectivity index is 2.30. The molecule has 2 aromatic heterocycles. The van der Waals surface area contributed by atoms with E-state index in [1.54, 1.807) is 4.40 Å². The fourth-order valence-electron chi connectivity index (χ4n) is 2.59. The molecule has 0 spiro atoms. The van der Waals surface area contributed by atoms with Gasteiger partial charge in [-0.25, -0.2) is 4.98 Å². The summed E-state index contributed by atoms with van der Waals surface area (Å²) < 4.78 is 3.61. The van der Waals surface area contributed by atoms with Gasteiger partial charge in [-0.15, -0.1) is 0 Å². The first kappa shape index (κ1) is 14.1. The van der Waals surface area contributed by atoms with Gasteiger partial charge in [-0.2, -0.15) is 0 Å². The van der Waals surface area contributed by atoms with E-state index >= 15 is 0 Å². The molecule has 0 unspecified atom stereocenters. The van der Waals surface area contributed by atoms with E-state index in [9.17, 15) is 4.79 Å². The lowest BCUT2D eigenvalue weighted by atomic mass is 10.2. The third-order valence-corrected chi connectivity index (χ3v) is 4.12. The van der Waals surface area contributed by atoms with Crippen LogP contribution in [0.5, 0.6) is 0 Å². The van der Waals surface area contributed by atoms with Crippen LogP contribution < -0.4 is 5.56 Å². The lowest BCUT2D eigenvalue weighted by molar-refractivity contribution is 0.884. The van der Waals surface area contributed by atoms with Gasteiger partial charge in [0.1, 0.15) is 0 Å². The molecule has 0 aliphatic carbocycles. The van der Waals surface area contributed by atoms with Gasteiger partial charge in [-0.1, -0.05) is 46.3 Å². The van der Waals surface area contributed by atoms with Gasteiger partial charge in [0.2, 0.25) is 5.78 Å². The van der Waals surface area contributed by atoms with Crippen LogP contribution >= 0.6 is 15.9 Å². The molecule has 0 fully saturated rings. The van der Waals surface area contributed by atoms with Crippen LogP contribution in [0.3, 0.4) is 0 Å². The van der Waals surface area contributed by atoms with Crippen molar-refractivity contribution in [2.45, 2.75) is 13.3 Å². The van der Waals surface area contributed by atoms with E-state index in [-0.39, 0.29) is 5.56 Å². The van der Waals surface area contributed by atoms with E-state index in [2.05, 4.69) is 20.9 Å². The lowest BCUT2D eigenvalue weighted by Crippen LogP contribution is -2.21. The molecule has 0 aliphatic heterocycles. The van der Waals surface area contributed by atoms with E-state index in [4.69, 9.17) is 0 Å².